The zero-order valence-electron chi connectivity index (χ0n) is 16.7. The number of amides is 2. The Morgan fingerprint density at radius 2 is 2.00 bits per heavy atom. The summed E-state index contributed by atoms with van der Waals surface area (Å²) in [5.41, 5.74) is 6.18. The fraction of sp³-hybridized carbons (Fsp3) is 0.227. The smallest absolute Gasteiger partial charge is 0.292 e. The van der Waals surface area contributed by atoms with Gasteiger partial charge in [-0.2, -0.15) is 5.10 Å². The van der Waals surface area contributed by atoms with Gasteiger partial charge in [0.25, 0.3) is 11.8 Å². The van der Waals surface area contributed by atoms with E-state index in [-0.39, 0.29) is 17.6 Å². The fourth-order valence-corrected chi connectivity index (χ4v) is 3.45. The molecule has 2 amide bonds. The first-order valence-corrected chi connectivity index (χ1v) is 9.66. The lowest BCUT2D eigenvalue weighted by molar-refractivity contribution is 0.0953. The summed E-state index contributed by atoms with van der Waals surface area (Å²) in [4.78, 5) is 33.1. The van der Waals surface area contributed by atoms with Crippen molar-refractivity contribution < 1.29 is 14.0 Å². The molecule has 0 aromatic carbocycles. The molecule has 0 radical (unpaired) electrons. The van der Waals surface area contributed by atoms with Gasteiger partial charge in [0.15, 0.2) is 5.76 Å². The van der Waals surface area contributed by atoms with E-state index in [1.807, 2.05) is 19.9 Å². The molecular weight excluding hydrogens is 382 g/mol. The van der Waals surface area contributed by atoms with Crippen LogP contribution >= 0.6 is 0 Å². The summed E-state index contributed by atoms with van der Waals surface area (Å²) in [6, 6.07) is 7.00. The molecule has 2 N–H and O–H groups in total. The highest BCUT2D eigenvalue weighted by atomic mass is 16.4. The van der Waals surface area contributed by atoms with Crippen LogP contribution in [0, 0.1) is 13.8 Å². The van der Waals surface area contributed by atoms with Crippen LogP contribution in [0.25, 0.3) is 0 Å². The van der Waals surface area contributed by atoms with Crippen LogP contribution in [0.4, 0.5) is 5.82 Å². The van der Waals surface area contributed by atoms with Crippen molar-refractivity contribution in [2.45, 2.75) is 33.1 Å². The molecule has 0 atom stereocenters. The van der Waals surface area contributed by atoms with Crippen LogP contribution < -0.4 is 10.7 Å². The van der Waals surface area contributed by atoms with Crippen LogP contribution in [0.15, 0.2) is 52.4 Å². The number of carbonyl (C=O) groups is 2. The van der Waals surface area contributed by atoms with Crippen molar-refractivity contribution in [3.05, 3.63) is 76.6 Å². The Morgan fingerprint density at radius 3 is 2.77 bits per heavy atom. The average Bonchev–Trinajstić information content (AvgIpc) is 3.10. The van der Waals surface area contributed by atoms with Gasteiger partial charge in [-0.3, -0.25) is 14.6 Å². The van der Waals surface area contributed by atoms with Gasteiger partial charge in [-0.1, -0.05) is 0 Å². The van der Waals surface area contributed by atoms with E-state index in [9.17, 15) is 9.59 Å². The van der Waals surface area contributed by atoms with Gasteiger partial charge in [0.1, 0.15) is 11.6 Å². The summed E-state index contributed by atoms with van der Waals surface area (Å²) < 4.78 is 5.88. The minimum absolute atomic E-state index is 0.233. The third-order valence-corrected chi connectivity index (χ3v) is 4.91. The molecule has 0 unspecified atom stereocenters. The molecule has 0 saturated carbocycles. The monoisotopic (exact) mass is 403 g/mol. The van der Waals surface area contributed by atoms with Crippen molar-refractivity contribution in [1.82, 2.24) is 15.4 Å². The van der Waals surface area contributed by atoms with Gasteiger partial charge in [-0.05, 0) is 56.5 Å². The molecule has 0 bridgehead atoms. The van der Waals surface area contributed by atoms with E-state index in [1.165, 1.54) is 6.20 Å². The first kappa shape index (κ1) is 19.5. The summed E-state index contributed by atoms with van der Waals surface area (Å²) in [5.74, 6) is 0.699. The van der Waals surface area contributed by atoms with Crippen LogP contribution in [0.5, 0.6) is 0 Å². The normalized spacial score (nSPS) is 14.3. The second-order valence-electron chi connectivity index (χ2n) is 7.12. The number of rotatable bonds is 4. The summed E-state index contributed by atoms with van der Waals surface area (Å²) in [5, 5.41) is 7.09. The van der Waals surface area contributed by atoms with E-state index in [1.54, 1.807) is 30.6 Å². The van der Waals surface area contributed by atoms with E-state index < -0.39 is 0 Å². The van der Waals surface area contributed by atoms with Crippen molar-refractivity contribution in [3.8, 4) is 0 Å². The quantitative estimate of drug-likeness (QED) is 0.649. The Hall–Kier alpha value is -3.81. The van der Waals surface area contributed by atoms with E-state index >= 15 is 0 Å². The summed E-state index contributed by atoms with van der Waals surface area (Å²) >= 11 is 0. The molecule has 4 rings (SSSR count). The SMILES string of the molecule is Cc1ccnc(NC(=O)c2oc3c(c2C)/C(=N/NC(=O)c2cccnc2)CCC3)c1. The van der Waals surface area contributed by atoms with Gasteiger partial charge < -0.3 is 9.73 Å². The number of hydrogen-bond acceptors (Lipinski definition) is 6. The largest absolute Gasteiger partial charge is 0.455 e. The summed E-state index contributed by atoms with van der Waals surface area (Å²) in [6.45, 7) is 3.75. The minimum atomic E-state index is -0.362. The van der Waals surface area contributed by atoms with Gasteiger partial charge in [-0.15, -0.1) is 0 Å². The van der Waals surface area contributed by atoms with Gasteiger partial charge in [-0.25, -0.2) is 10.4 Å². The second kappa shape index (κ2) is 8.28. The molecular formula is C22H21N5O3. The molecule has 3 aromatic heterocycles. The number of hydrazone groups is 1. The third kappa shape index (κ3) is 3.98. The van der Waals surface area contributed by atoms with Crippen molar-refractivity contribution in [2.24, 2.45) is 5.10 Å². The molecule has 0 aliphatic heterocycles. The maximum Gasteiger partial charge on any atom is 0.292 e. The Kier molecular flexibility index (Phi) is 5.38. The standard InChI is InChI=1S/C22H21N5O3/c1-13-8-10-24-18(11-13)25-22(29)20-14(2)19-16(6-3-7-17(19)30-20)26-27-21(28)15-5-4-9-23-12-15/h4-5,8-12H,3,6-7H2,1-2H3,(H,27,28)(H,24,25,29)/b26-16+. The molecule has 30 heavy (non-hydrogen) atoms. The van der Waals surface area contributed by atoms with Gasteiger partial charge in [0.2, 0.25) is 0 Å². The molecule has 0 fully saturated rings. The highest BCUT2D eigenvalue weighted by Crippen LogP contribution is 2.30. The fourth-order valence-electron chi connectivity index (χ4n) is 3.45. The Balaban J connectivity index is 1.57. The maximum absolute atomic E-state index is 12.8. The highest BCUT2D eigenvalue weighted by Gasteiger charge is 2.28. The first-order valence-electron chi connectivity index (χ1n) is 9.66. The van der Waals surface area contributed by atoms with Crippen molar-refractivity contribution in [3.63, 3.8) is 0 Å². The lowest BCUT2D eigenvalue weighted by Gasteiger charge is -2.13. The van der Waals surface area contributed by atoms with E-state index in [0.717, 1.165) is 17.5 Å². The van der Waals surface area contributed by atoms with Crippen LogP contribution in [0.3, 0.4) is 0 Å². The van der Waals surface area contributed by atoms with E-state index in [0.29, 0.717) is 41.3 Å². The van der Waals surface area contributed by atoms with Crippen LogP contribution in [0.1, 0.15) is 56.2 Å². The third-order valence-electron chi connectivity index (χ3n) is 4.91. The number of fused-ring (bicyclic) bond motifs is 1. The summed E-state index contributed by atoms with van der Waals surface area (Å²) in [6.07, 6.45) is 6.93. The Labute approximate surface area is 173 Å². The predicted octanol–water partition coefficient (Wildman–Crippen LogP) is 3.41. The number of aryl methyl sites for hydroxylation is 2. The van der Waals surface area contributed by atoms with E-state index in [4.69, 9.17) is 4.42 Å². The van der Waals surface area contributed by atoms with Gasteiger partial charge in [0.05, 0.1) is 11.3 Å². The number of furan rings is 1. The van der Waals surface area contributed by atoms with Crippen LogP contribution in [-0.2, 0) is 6.42 Å². The number of nitrogens with one attached hydrogen (secondary N) is 2. The van der Waals surface area contributed by atoms with Gasteiger partial charge >= 0.3 is 0 Å². The molecule has 3 heterocycles. The van der Waals surface area contributed by atoms with Crippen LogP contribution in [0.2, 0.25) is 0 Å². The van der Waals surface area contributed by atoms with E-state index in [2.05, 4.69) is 25.8 Å². The average molecular weight is 403 g/mol. The number of nitrogens with zero attached hydrogens (tertiary/aromatic N) is 3. The predicted molar refractivity (Wildman–Crippen MR) is 112 cm³/mol. The highest BCUT2D eigenvalue weighted by molar-refractivity contribution is 6.09. The maximum atomic E-state index is 12.8. The van der Waals surface area contributed by atoms with Crippen molar-refractivity contribution in [2.75, 3.05) is 5.32 Å². The Morgan fingerprint density at radius 1 is 1.13 bits per heavy atom. The number of pyridine rings is 2. The zero-order chi connectivity index (χ0) is 21.1. The zero-order valence-corrected chi connectivity index (χ0v) is 16.7. The van der Waals surface area contributed by atoms with Gasteiger partial charge in [0, 0.05) is 36.1 Å². The lowest BCUT2D eigenvalue weighted by Crippen LogP contribution is -2.22. The molecule has 8 nitrogen and oxygen atoms in total. The summed E-state index contributed by atoms with van der Waals surface area (Å²) in [7, 11) is 0. The molecule has 0 spiro atoms. The molecule has 152 valence electrons. The van der Waals surface area contributed by atoms with Crippen molar-refractivity contribution in [1.29, 1.82) is 0 Å². The topological polar surface area (TPSA) is 109 Å². The number of hydrogen-bond donors (Lipinski definition) is 2. The minimum Gasteiger partial charge on any atom is -0.455 e. The molecule has 3 aromatic rings. The Bertz CT molecular complexity index is 1130. The molecule has 8 heteroatoms. The number of carbonyl (C=O) groups excluding carboxylic acids is 2. The first-order chi connectivity index (χ1) is 14.5. The lowest BCUT2D eigenvalue weighted by atomic mass is 9.93. The van der Waals surface area contributed by atoms with Crippen molar-refractivity contribution >= 4 is 23.3 Å². The number of aromatic nitrogens is 2. The molecule has 1 aliphatic rings. The second-order valence-corrected chi connectivity index (χ2v) is 7.12. The number of anilines is 1. The molecule has 0 saturated heterocycles. The van der Waals surface area contributed by atoms with Crippen LogP contribution in [-0.4, -0.2) is 27.5 Å². The molecule has 1 aliphatic carbocycles.